The van der Waals surface area contributed by atoms with Crippen molar-refractivity contribution in [3.05, 3.63) is 48.7 Å². The van der Waals surface area contributed by atoms with Crippen LogP contribution in [-0.2, 0) is 0 Å². The molecule has 0 fully saturated rings. The minimum Gasteiger partial charge on any atom is -0.306 e. The van der Waals surface area contributed by atoms with Crippen LogP contribution in [0.2, 0.25) is 0 Å². The van der Waals surface area contributed by atoms with Crippen LogP contribution in [-0.4, -0.2) is 19.4 Å². The van der Waals surface area contributed by atoms with Crippen LogP contribution >= 0.6 is 0 Å². The Morgan fingerprint density at radius 1 is 1.06 bits per heavy atom. The van der Waals surface area contributed by atoms with Gasteiger partial charge in [-0.25, -0.2) is 4.98 Å². The number of fused-ring (bicyclic) bond motifs is 1. The summed E-state index contributed by atoms with van der Waals surface area (Å²) in [7, 11) is 0. The molecule has 0 saturated carbocycles. The van der Waals surface area contributed by atoms with Crippen molar-refractivity contribution in [2.75, 3.05) is 0 Å². The largest absolute Gasteiger partial charge is 0.306 e. The molecule has 0 bridgehead atoms. The summed E-state index contributed by atoms with van der Waals surface area (Å²) in [5.74, 6) is 0. The van der Waals surface area contributed by atoms with E-state index in [9.17, 15) is 0 Å². The van der Waals surface area contributed by atoms with Crippen LogP contribution < -0.4 is 0 Å². The lowest BCUT2D eigenvalue weighted by Crippen LogP contribution is -1.83. The van der Waals surface area contributed by atoms with Crippen LogP contribution in [0.3, 0.4) is 0 Å². The van der Waals surface area contributed by atoms with Gasteiger partial charge in [0.15, 0.2) is 0 Å². The Bertz CT molecular complexity index is 628. The lowest BCUT2D eigenvalue weighted by Gasteiger charge is -1.93. The molecule has 0 aliphatic carbocycles. The average Bonchev–Trinajstić information content (AvgIpc) is 2.73. The molecule has 0 unspecified atom stereocenters. The first-order valence-corrected chi connectivity index (χ1v) is 5.05. The first-order valence-electron chi connectivity index (χ1n) is 5.05. The van der Waals surface area contributed by atoms with Crippen LogP contribution in [0, 0.1) is 6.92 Å². The summed E-state index contributed by atoms with van der Waals surface area (Å²) in [5.41, 5.74) is 3.77. The maximum atomic E-state index is 4.48. The minimum absolute atomic E-state index is 0.795. The Hall–Kier alpha value is -2.23. The molecule has 0 aliphatic heterocycles. The molecule has 0 aliphatic rings. The summed E-state index contributed by atoms with van der Waals surface area (Å²) in [6.07, 6.45) is 9.05. The SMILES string of the molecule is Cc1ccc2nc(-c3cnccn3)cn2c1. The Morgan fingerprint density at radius 2 is 2.00 bits per heavy atom. The zero-order valence-electron chi connectivity index (χ0n) is 8.83. The number of pyridine rings is 1. The van der Waals surface area contributed by atoms with Gasteiger partial charge in [0, 0.05) is 24.8 Å². The number of hydrogen-bond donors (Lipinski definition) is 0. The van der Waals surface area contributed by atoms with E-state index in [1.165, 1.54) is 5.56 Å². The van der Waals surface area contributed by atoms with Crippen molar-refractivity contribution in [3.8, 4) is 11.4 Å². The molecule has 78 valence electrons. The summed E-state index contributed by atoms with van der Waals surface area (Å²) >= 11 is 0. The Morgan fingerprint density at radius 3 is 2.81 bits per heavy atom. The first kappa shape index (κ1) is 9.03. The number of aromatic nitrogens is 4. The van der Waals surface area contributed by atoms with Crippen LogP contribution in [0.4, 0.5) is 0 Å². The maximum absolute atomic E-state index is 4.48. The predicted molar refractivity (Wildman–Crippen MR) is 61.0 cm³/mol. The minimum atomic E-state index is 0.795. The van der Waals surface area contributed by atoms with E-state index in [1.807, 2.05) is 28.9 Å². The highest BCUT2D eigenvalue weighted by Gasteiger charge is 2.04. The van der Waals surface area contributed by atoms with Crippen molar-refractivity contribution in [1.29, 1.82) is 0 Å². The molecule has 4 heteroatoms. The monoisotopic (exact) mass is 210 g/mol. The second-order valence-corrected chi connectivity index (χ2v) is 3.69. The number of nitrogens with zero attached hydrogens (tertiary/aromatic N) is 4. The van der Waals surface area contributed by atoms with Crippen LogP contribution in [0.15, 0.2) is 43.1 Å². The smallest absolute Gasteiger partial charge is 0.137 e. The molecule has 3 aromatic rings. The fourth-order valence-corrected chi connectivity index (χ4v) is 1.66. The standard InChI is InChI=1S/C12H10N4/c1-9-2-3-12-15-11(8-16(12)7-9)10-6-13-4-5-14-10/h2-8H,1H3. The molecule has 0 aromatic carbocycles. The fraction of sp³-hybridized carbons (Fsp3) is 0.0833. The number of imidazole rings is 1. The van der Waals surface area contributed by atoms with E-state index < -0.39 is 0 Å². The van der Waals surface area contributed by atoms with Gasteiger partial charge in [0.1, 0.15) is 17.0 Å². The highest BCUT2D eigenvalue weighted by Crippen LogP contribution is 2.15. The quantitative estimate of drug-likeness (QED) is 0.617. The zero-order valence-corrected chi connectivity index (χ0v) is 8.83. The van der Waals surface area contributed by atoms with Crippen molar-refractivity contribution in [2.24, 2.45) is 0 Å². The average molecular weight is 210 g/mol. The van der Waals surface area contributed by atoms with Crippen LogP contribution in [0.5, 0.6) is 0 Å². The van der Waals surface area contributed by atoms with Crippen molar-refractivity contribution in [2.45, 2.75) is 6.92 Å². The van der Waals surface area contributed by atoms with Crippen molar-refractivity contribution in [3.63, 3.8) is 0 Å². The van der Waals surface area contributed by atoms with E-state index in [2.05, 4.69) is 21.9 Å². The lowest BCUT2D eigenvalue weighted by molar-refractivity contribution is 1.15. The van der Waals surface area contributed by atoms with Crippen molar-refractivity contribution in [1.82, 2.24) is 19.4 Å². The van der Waals surface area contributed by atoms with E-state index >= 15 is 0 Å². The highest BCUT2D eigenvalue weighted by atomic mass is 15.0. The molecule has 3 heterocycles. The van der Waals surface area contributed by atoms with Gasteiger partial charge >= 0.3 is 0 Å². The molecule has 0 amide bonds. The van der Waals surface area contributed by atoms with Gasteiger partial charge in [0.05, 0.1) is 6.20 Å². The molecule has 4 nitrogen and oxygen atoms in total. The third-order valence-electron chi connectivity index (χ3n) is 2.42. The molecule has 0 saturated heterocycles. The van der Waals surface area contributed by atoms with Gasteiger partial charge in [-0.15, -0.1) is 0 Å². The highest BCUT2D eigenvalue weighted by molar-refractivity contribution is 5.57. The second-order valence-electron chi connectivity index (χ2n) is 3.69. The van der Waals surface area contributed by atoms with Gasteiger partial charge in [-0.05, 0) is 18.6 Å². The molecule has 0 radical (unpaired) electrons. The molecule has 0 spiro atoms. The third-order valence-corrected chi connectivity index (χ3v) is 2.42. The van der Waals surface area contributed by atoms with E-state index in [4.69, 9.17) is 0 Å². The number of aryl methyl sites for hydroxylation is 1. The Kier molecular flexibility index (Phi) is 1.93. The zero-order chi connectivity index (χ0) is 11.0. The summed E-state index contributed by atoms with van der Waals surface area (Å²) in [4.78, 5) is 12.7. The predicted octanol–water partition coefficient (Wildman–Crippen LogP) is 2.10. The van der Waals surface area contributed by atoms with Gasteiger partial charge in [0.25, 0.3) is 0 Å². The Labute approximate surface area is 92.6 Å². The maximum Gasteiger partial charge on any atom is 0.137 e. The number of hydrogen-bond acceptors (Lipinski definition) is 3. The topological polar surface area (TPSA) is 43.1 Å². The van der Waals surface area contributed by atoms with Crippen molar-refractivity contribution >= 4 is 5.65 Å². The van der Waals surface area contributed by atoms with Gasteiger partial charge in [-0.1, -0.05) is 6.07 Å². The van der Waals surface area contributed by atoms with Gasteiger partial charge in [-0.2, -0.15) is 0 Å². The summed E-state index contributed by atoms with van der Waals surface area (Å²) in [6, 6.07) is 4.04. The van der Waals surface area contributed by atoms with Crippen LogP contribution in [0.25, 0.3) is 17.0 Å². The molecule has 16 heavy (non-hydrogen) atoms. The molecular weight excluding hydrogens is 200 g/mol. The fourth-order valence-electron chi connectivity index (χ4n) is 1.66. The summed E-state index contributed by atoms with van der Waals surface area (Å²) in [5, 5.41) is 0. The Balaban J connectivity index is 2.19. The van der Waals surface area contributed by atoms with Gasteiger partial charge in [0.2, 0.25) is 0 Å². The summed E-state index contributed by atoms with van der Waals surface area (Å²) in [6.45, 7) is 2.06. The molecule has 0 atom stereocenters. The van der Waals surface area contributed by atoms with E-state index in [0.29, 0.717) is 0 Å². The molecular formula is C12H10N4. The molecule has 0 N–H and O–H groups in total. The van der Waals surface area contributed by atoms with Gasteiger partial charge in [-0.3, -0.25) is 9.97 Å². The number of rotatable bonds is 1. The normalized spacial score (nSPS) is 10.8. The molecule has 3 aromatic heterocycles. The summed E-state index contributed by atoms with van der Waals surface area (Å²) < 4.78 is 2.00. The van der Waals surface area contributed by atoms with Gasteiger partial charge < -0.3 is 4.40 Å². The second kappa shape index (κ2) is 3.41. The molecule has 3 rings (SSSR count). The van der Waals surface area contributed by atoms with E-state index in [1.54, 1.807) is 18.6 Å². The van der Waals surface area contributed by atoms with Crippen LogP contribution in [0.1, 0.15) is 5.56 Å². The van der Waals surface area contributed by atoms with Crippen molar-refractivity contribution < 1.29 is 0 Å². The first-order chi connectivity index (χ1) is 7.83. The third kappa shape index (κ3) is 1.44. The van der Waals surface area contributed by atoms with E-state index in [0.717, 1.165) is 17.0 Å². The lowest BCUT2D eigenvalue weighted by atomic mass is 10.3. The van der Waals surface area contributed by atoms with E-state index in [-0.39, 0.29) is 0 Å².